The maximum atomic E-state index is 5.13. The second-order valence-electron chi connectivity index (χ2n) is 36.1. The zero-order valence-corrected chi connectivity index (χ0v) is 78.4. The molecule has 3 aliphatic rings. The Hall–Kier alpha value is -19.5. The van der Waals surface area contributed by atoms with Gasteiger partial charge in [0.15, 0.2) is 52.4 Å². The molecule has 0 saturated heterocycles. The number of hydrogen-bond acceptors (Lipinski definition) is 15. The number of fused-ring (bicyclic) bond motifs is 10. The number of aromatic nitrogens is 15. The van der Waals surface area contributed by atoms with Gasteiger partial charge < -0.3 is 0 Å². The summed E-state index contributed by atoms with van der Waals surface area (Å²) in [6.07, 6.45) is 7.44. The summed E-state index contributed by atoms with van der Waals surface area (Å²) in [6.45, 7) is 0. The van der Waals surface area contributed by atoms with E-state index >= 15 is 0 Å². The van der Waals surface area contributed by atoms with E-state index in [1.807, 2.05) is 60.7 Å². The zero-order chi connectivity index (χ0) is 96.3. The lowest BCUT2D eigenvalue weighted by molar-refractivity contribution is 1.07. The van der Waals surface area contributed by atoms with Crippen LogP contribution >= 0.6 is 0 Å². The van der Waals surface area contributed by atoms with E-state index in [4.69, 9.17) is 64.8 Å². The van der Waals surface area contributed by atoms with Crippen molar-refractivity contribution in [2.75, 3.05) is 0 Å². The molecule has 0 fully saturated rings. The predicted molar refractivity (Wildman–Crippen MR) is 581 cm³/mol. The van der Waals surface area contributed by atoms with Crippen LogP contribution in [-0.2, 0) is 19.3 Å². The highest BCUT2D eigenvalue weighted by atomic mass is 15.1. The number of nitrogens with zero attached hydrogens (tertiary/aromatic N) is 15. The van der Waals surface area contributed by atoms with E-state index in [0.29, 0.717) is 52.4 Å². The lowest BCUT2D eigenvalue weighted by Crippen LogP contribution is -2.01. The molecule has 0 radical (unpaired) electrons. The first-order valence-corrected chi connectivity index (χ1v) is 48.5. The van der Waals surface area contributed by atoms with Crippen LogP contribution in [0.1, 0.15) is 33.4 Å². The van der Waals surface area contributed by atoms with Crippen LogP contribution in [-0.4, -0.2) is 74.8 Å². The Labute approximate surface area is 838 Å². The van der Waals surface area contributed by atoms with E-state index in [1.165, 1.54) is 38.9 Å². The Kier molecular flexibility index (Phi) is 23.2. The molecule has 3 aliphatic carbocycles. The average Bonchev–Trinajstić information content (AvgIpc) is 1.52. The van der Waals surface area contributed by atoms with E-state index in [1.54, 1.807) is 19.0 Å². The van der Waals surface area contributed by atoms with Gasteiger partial charge in [0.2, 0.25) is 0 Å². The predicted octanol–water partition coefficient (Wildman–Crippen LogP) is 30.2. The molecule has 0 aliphatic heterocycles. The summed E-state index contributed by atoms with van der Waals surface area (Å²) in [7, 11) is 0. The maximum Gasteiger partial charge on any atom is 0.164 e. The van der Waals surface area contributed by atoms with Crippen molar-refractivity contribution < 1.29 is 0 Å². The van der Waals surface area contributed by atoms with Crippen molar-refractivity contribution >= 4 is 10.8 Å². The molecule has 0 bridgehead atoms. The molecule has 145 heavy (non-hydrogen) atoms. The Morgan fingerprint density at radius 2 is 0.345 bits per heavy atom. The fourth-order valence-electron chi connectivity index (χ4n) is 19.9. The van der Waals surface area contributed by atoms with Crippen molar-refractivity contribution in [3.8, 4) is 226 Å². The third-order valence-electron chi connectivity index (χ3n) is 27.0. The van der Waals surface area contributed by atoms with Crippen molar-refractivity contribution in [1.29, 1.82) is 0 Å². The van der Waals surface area contributed by atoms with Crippen LogP contribution in [0.5, 0.6) is 0 Å². The Bertz CT molecular complexity index is 8930. The number of rotatable bonds is 17. The first-order chi connectivity index (χ1) is 71.8. The van der Waals surface area contributed by atoms with Gasteiger partial charge in [-0.3, -0.25) is 0 Å². The minimum Gasteiger partial charge on any atom is -0.236 e. The average molecular weight is 1860 g/mol. The van der Waals surface area contributed by atoms with Crippen molar-refractivity contribution in [3.63, 3.8) is 0 Å². The van der Waals surface area contributed by atoms with Gasteiger partial charge in [0.25, 0.3) is 0 Å². The Morgan fingerprint density at radius 3 is 0.683 bits per heavy atom. The van der Waals surface area contributed by atoms with E-state index in [2.05, 4.69) is 410 Å². The summed E-state index contributed by atoms with van der Waals surface area (Å²) in [5, 5.41) is 2.22. The largest absolute Gasteiger partial charge is 0.236 e. The molecule has 18 aromatic carbocycles. The highest BCUT2D eigenvalue weighted by Crippen LogP contribution is 2.47. The molecule has 27 rings (SSSR count). The van der Waals surface area contributed by atoms with Crippen molar-refractivity contribution in [3.05, 3.63) is 513 Å². The van der Waals surface area contributed by atoms with Gasteiger partial charge in [-0.15, -0.1) is 0 Å². The minimum atomic E-state index is 0.603. The maximum absolute atomic E-state index is 5.13. The monoisotopic (exact) mass is 1860 g/mol. The molecule has 15 heteroatoms. The molecule has 6 aromatic heterocycles. The summed E-state index contributed by atoms with van der Waals surface area (Å²) < 4.78 is 0. The SMILES string of the molecule is c1ccc(-c2ccc(-c3nc(-c4cccc(-c5ccccc5)c4)nc(-c4cccc(-c5ncnc6c5Cc5ccccc5-6)c4)n3)cc2)cc1.c1ccc(-c2cccc(-c3nc(-c4cccc(-c5ccccc5)c4)nc(-c4cccc(-c5ncnc6c5Cc5ccccc5-6)c4)n3)c2)cc1.c1ccc(-c2cccc(-c3nc(-c4ccccc4)nc(-c4cc(-c5ncnc6c5Cc5ccccc5-6)c5ccccc5c4)n3)c2)cc1. The molecule has 0 atom stereocenters. The summed E-state index contributed by atoms with van der Waals surface area (Å²) in [5.41, 5.74) is 39.2. The molecule has 0 saturated carbocycles. The lowest BCUT2D eigenvalue weighted by Gasteiger charge is -2.14. The zero-order valence-electron chi connectivity index (χ0n) is 78.4. The first kappa shape index (κ1) is 87.0. The molecular weight excluding hydrogens is 1770 g/mol. The molecule has 0 unspecified atom stereocenters. The van der Waals surface area contributed by atoms with Crippen LogP contribution in [0, 0.1) is 0 Å². The minimum absolute atomic E-state index is 0.603. The normalized spacial score (nSPS) is 11.6. The van der Waals surface area contributed by atoms with Gasteiger partial charge >= 0.3 is 0 Å². The van der Waals surface area contributed by atoms with Crippen LogP contribution in [0.4, 0.5) is 0 Å². The van der Waals surface area contributed by atoms with Gasteiger partial charge in [0.05, 0.1) is 34.2 Å². The Morgan fingerprint density at radius 1 is 0.131 bits per heavy atom. The molecule has 0 amide bonds. The summed E-state index contributed by atoms with van der Waals surface area (Å²) in [5.74, 6) is 5.54. The van der Waals surface area contributed by atoms with Gasteiger partial charge in [-0.25, -0.2) is 74.8 Å². The molecule has 0 N–H and O–H groups in total. The van der Waals surface area contributed by atoms with Gasteiger partial charge in [-0.2, -0.15) is 0 Å². The molecular formula is C130H85N15. The van der Waals surface area contributed by atoms with Gasteiger partial charge in [-0.05, 0) is 132 Å². The van der Waals surface area contributed by atoms with E-state index in [0.717, 1.165) is 198 Å². The number of hydrogen-bond donors (Lipinski definition) is 0. The molecule has 0 spiro atoms. The first-order valence-electron chi connectivity index (χ1n) is 48.5. The third kappa shape index (κ3) is 17.7. The topological polar surface area (TPSA) is 193 Å². The van der Waals surface area contributed by atoms with E-state index < -0.39 is 0 Å². The third-order valence-corrected chi connectivity index (χ3v) is 27.0. The summed E-state index contributed by atoms with van der Waals surface area (Å²) >= 11 is 0. The van der Waals surface area contributed by atoms with Crippen molar-refractivity contribution in [2.45, 2.75) is 19.3 Å². The molecule has 6 heterocycles. The highest BCUT2D eigenvalue weighted by molar-refractivity contribution is 6.01. The van der Waals surface area contributed by atoms with Crippen molar-refractivity contribution in [1.82, 2.24) is 74.8 Å². The van der Waals surface area contributed by atoms with Crippen LogP contribution in [0.15, 0.2) is 480 Å². The van der Waals surface area contributed by atoms with Crippen molar-refractivity contribution in [2.24, 2.45) is 0 Å². The molecule has 680 valence electrons. The summed E-state index contributed by atoms with van der Waals surface area (Å²) in [4.78, 5) is 74.2. The Balaban J connectivity index is 0.000000114. The number of benzene rings is 18. The fraction of sp³-hybridized carbons (Fsp3) is 0.0231. The summed E-state index contributed by atoms with van der Waals surface area (Å²) in [6, 6.07) is 159. The smallest absolute Gasteiger partial charge is 0.164 e. The molecule has 24 aromatic rings. The standard InChI is InChI=1S/2C44H29N5.C42H27N5/c1-3-12-29(13-4-1)31-17-9-20-35(24-31)42-47-43(36-21-10-18-32(25-36)30-14-5-2-6-15-30)49-44(48-42)37-22-11-19-34(26-37)40-39-27-33-16-7-8-23-38(33)41(39)46-28-45-40;1-3-11-29(12-4-1)31-21-23-32(24-22-31)42-47-43(36-18-9-16-33(25-36)30-13-5-2-6-14-30)49-44(48-42)37-19-10-17-35(26-37)40-39-27-34-15-7-8-20-38(34)41(39)46-28-45-40;1-3-12-27(13-4-1)29-18-11-19-32(22-29)41-45-40(28-14-5-2-6-15-28)46-42(47-41)33-23-30-16-7-9-20-34(30)36(25-33)39-37-24-31-17-8-10-21-35(31)38(37)43-26-44-39/h2*1-26,28H,27H2;1-23,25-26H,24H2. The highest BCUT2D eigenvalue weighted by Gasteiger charge is 2.30. The fourth-order valence-corrected chi connectivity index (χ4v) is 19.9. The van der Waals surface area contributed by atoms with Crippen LogP contribution < -0.4 is 0 Å². The quantitative estimate of drug-likeness (QED) is 0.0835. The van der Waals surface area contributed by atoms with Gasteiger partial charge in [0, 0.05) is 119 Å². The van der Waals surface area contributed by atoms with E-state index in [-0.39, 0.29) is 0 Å². The van der Waals surface area contributed by atoms with Crippen LogP contribution in [0.2, 0.25) is 0 Å². The van der Waals surface area contributed by atoms with Crippen LogP contribution in [0.25, 0.3) is 236 Å². The lowest BCUT2D eigenvalue weighted by atomic mass is 9.95. The second-order valence-corrected chi connectivity index (χ2v) is 36.1. The van der Waals surface area contributed by atoms with Gasteiger partial charge in [0.1, 0.15) is 19.0 Å². The van der Waals surface area contributed by atoms with Gasteiger partial charge in [-0.1, -0.05) is 413 Å². The second kappa shape index (κ2) is 38.7. The van der Waals surface area contributed by atoms with E-state index in [9.17, 15) is 0 Å². The van der Waals surface area contributed by atoms with Crippen LogP contribution in [0.3, 0.4) is 0 Å². The molecule has 15 nitrogen and oxygen atoms in total.